The third-order valence-electron chi connectivity index (χ3n) is 10.6. The minimum atomic E-state index is -0.778. The highest BCUT2D eigenvalue weighted by atomic mass is 16.6. The van der Waals surface area contributed by atoms with Gasteiger partial charge in [-0.15, -0.1) is 0 Å². The van der Waals surface area contributed by atoms with Crippen molar-refractivity contribution in [3.63, 3.8) is 0 Å². The predicted molar refractivity (Wildman–Crippen MR) is 247 cm³/mol. The van der Waals surface area contributed by atoms with E-state index in [4.69, 9.17) is 14.2 Å². The molecule has 6 nitrogen and oxygen atoms in total. The van der Waals surface area contributed by atoms with Crippen LogP contribution < -0.4 is 0 Å². The molecule has 6 heteroatoms. The number of carbonyl (C=O) groups excluding carboxylic acids is 3. The van der Waals surface area contributed by atoms with E-state index in [0.717, 1.165) is 96.3 Å². The van der Waals surface area contributed by atoms with Crippen LogP contribution >= 0.6 is 0 Å². The van der Waals surface area contributed by atoms with E-state index in [-0.39, 0.29) is 31.1 Å². The predicted octanol–water partition coefficient (Wildman–Crippen LogP) is 15.9. The maximum Gasteiger partial charge on any atom is 0.306 e. The second-order valence-corrected chi connectivity index (χ2v) is 16.4. The average Bonchev–Trinajstić information content (AvgIpc) is 3.22. The van der Waals surface area contributed by atoms with Crippen molar-refractivity contribution in [3.05, 3.63) is 48.6 Å². The Kier molecular flexibility index (Phi) is 44.9. The number of ether oxygens (including phenoxy) is 3. The molecule has 0 aliphatic carbocycles. The minimum Gasteiger partial charge on any atom is -0.462 e. The molecule has 0 spiro atoms. The highest BCUT2D eigenvalue weighted by Crippen LogP contribution is 2.14. The van der Waals surface area contributed by atoms with Gasteiger partial charge in [0.25, 0.3) is 0 Å². The lowest BCUT2D eigenvalue weighted by atomic mass is 10.1. The maximum absolute atomic E-state index is 12.7. The van der Waals surface area contributed by atoms with Gasteiger partial charge in [-0.05, 0) is 83.5 Å². The first-order chi connectivity index (χ1) is 28.5. The molecule has 0 aromatic heterocycles. The van der Waals surface area contributed by atoms with Crippen LogP contribution in [0.25, 0.3) is 0 Å². The summed E-state index contributed by atoms with van der Waals surface area (Å²) in [5.41, 5.74) is 0. The molecule has 0 aliphatic rings. The van der Waals surface area contributed by atoms with Crippen LogP contribution in [-0.4, -0.2) is 37.2 Å². The minimum absolute atomic E-state index is 0.0814. The van der Waals surface area contributed by atoms with E-state index in [2.05, 4.69) is 69.4 Å². The van der Waals surface area contributed by atoms with Crippen molar-refractivity contribution >= 4 is 17.9 Å². The van der Waals surface area contributed by atoms with Gasteiger partial charge in [0.15, 0.2) is 6.10 Å². The Morgan fingerprint density at radius 3 is 0.966 bits per heavy atom. The summed E-state index contributed by atoms with van der Waals surface area (Å²) in [6, 6.07) is 0. The van der Waals surface area contributed by atoms with E-state index < -0.39 is 6.10 Å². The summed E-state index contributed by atoms with van der Waals surface area (Å²) in [4.78, 5) is 37.7. The molecule has 0 N–H and O–H groups in total. The summed E-state index contributed by atoms with van der Waals surface area (Å²) in [6.07, 6.45) is 55.4. The zero-order valence-corrected chi connectivity index (χ0v) is 38.3. The van der Waals surface area contributed by atoms with Crippen LogP contribution in [0, 0.1) is 0 Å². The van der Waals surface area contributed by atoms with Crippen LogP contribution in [0.3, 0.4) is 0 Å². The lowest BCUT2D eigenvalue weighted by Gasteiger charge is -2.18. The maximum atomic E-state index is 12.7. The summed E-state index contributed by atoms with van der Waals surface area (Å²) in [7, 11) is 0. The van der Waals surface area contributed by atoms with E-state index in [0.29, 0.717) is 19.3 Å². The van der Waals surface area contributed by atoms with Gasteiger partial charge in [0.2, 0.25) is 0 Å². The van der Waals surface area contributed by atoms with Crippen LogP contribution in [-0.2, 0) is 28.6 Å². The summed E-state index contributed by atoms with van der Waals surface area (Å²) < 4.78 is 16.7. The highest BCUT2D eigenvalue weighted by Gasteiger charge is 2.19. The summed E-state index contributed by atoms with van der Waals surface area (Å²) >= 11 is 0. The molecular formula is C52H92O6. The first-order valence-electron chi connectivity index (χ1n) is 24.6. The fourth-order valence-corrected chi connectivity index (χ4v) is 6.80. The first kappa shape index (κ1) is 55.4. The zero-order valence-electron chi connectivity index (χ0n) is 38.3. The van der Waals surface area contributed by atoms with Gasteiger partial charge in [0, 0.05) is 19.3 Å². The van der Waals surface area contributed by atoms with Crippen LogP contribution in [0.15, 0.2) is 48.6 Å². The highest BCUT2D eigenvalue weighted by molar-refractivity contribution is 5.71. The number of carbonyl (C=O) groups is 3. The molecule has 0 aromatic carbocycles. The quantitative estimate of drug-likeness (QED) is 0.0264. The molecule has 0 rings (SSSR count). The number of rotatable bonds is 44. The van der Waals surface area contributed by atoms with Gasteiger partial charge in [-0.3, -0.25) is 14.4 Å². The van der Waals surface area contributed by atoms with Gasteiger partial charge in [0.1, 0.15) is 13.2 Å². The summed E-state index contributed by atoms with van der Waals surface area (Å²) in [5, 5.41) is 0. The molecule has 336 valence electrons. The fraction of sp³-hybridized carbons (Fsp3) is 0.788. The normalized spacial score (nSPS) is 12.4. The summed E-state index contributed by atoms with van der Waals surface area (Å²) in [5.74, 6) is -0.910. The Hall–Kier alpha value is -2.63. The molecule has 1 unspecified atom stereocenters. The van der Waals surface area contributed by atoms with E-state index in [1.165, 1.54) is 109 Å². The van der Waals surface area contributed by atoms with Crippen LogP contribution in [0.4, 0.5) is 0 Å². The lowest BCUT2D eigenvalue weighted by molar-refractivity contribution is -0.167. The molecule has 0 aliphatic heterocycles. The van der Waals surface area contributed by atoms with Crippen molar-refractivity contribution in [1.29, 1.82) is 0 Å². The van der Waals surface area contributed by atoms with E-state index >= 15 is 0 Å². The molecule has 0 saturated heterocycles. The molecule has 0 amide bonds. The SMILES string of the molecule is CCCCCC/C=C\C/C=C\CCCCCCCCCC(=O)OCC(COC(=O)CCCCCCCC)OC(=O)CCCCCCC/C=C\C/C=C\CCCCCC. The molecule has 0 fully saturated rings. The lowest BCUT2D eigenvalue weighted by Crippen LogP contribution is -2.30. The van der Waals surface area contributed by atoms with Gasteiger partial charge < -0.3 is 14.2 Å². The third kappa shape index (κ3) is 44.5. The van der Waals surface area contributed by atoms with Crippen molar-refractivity contribution < 1.29 is 28.6 Å². The number of esters is 3. The van der Waals surface area contributed by atoms with Crippen LogP contribution in [0.1, 0.15) is 245 Å². The molecule has 1 atom stereocenters. The molecule has 0 bridgehead atoms. The Morgan fingerprint density at radius 1 is 0.345 bits per heavy atom. The molecular weight excluding hydrogens is 721 g/mol. The van der Waals surface area contributed by atoms with Crippen molar-refractivity contribution in [3.8, 4) is 0 Å². The molecule has 0 heterocycles. The Balaban J connectivity index is 4.27. The van der Waals surface area contributed by atoms with E-state index in [1.54, 1.807) is 0 Å². The zero-order chi connectivity index (χ0) is 42.3. The third-order valence-corrected chi connectivity index (χ3v) is 10.6. The largest absolute Gasteiger partial charge is 0.462 e. The Labute approximate surface area is 358 Å². The van der Waals surface area contributed by atoms with Gasteiger partial charge in [-0.1, -0.05) is 191 Å². The molecule has 58 heavy (non-hydrogen) atoms. The van der Waals surface area contributed by atoms with Gasteiger partial charge in [-0.2, -0.15) is 0 Å². The summed E-state index contributed by atoms with van der Waals surface area (Å²) in [6.45, 7) is 6.53. The number of unbranched alkanes of at least 4 members (excludes halogenated alkanes) is 25. The van der Waals surface area contributed by atoms with Crippen LogP contribution in [0.2, 0.25) is 0 Å². The van der Waals surface area contributed by atoms with Gasteiger partial charge >= 0.3 is 17.9 Å². The topological polar surface area (TPSA) is 78.9 Å². The number of allylic oxidation sites excluding steroid dienone is 8. The van der Waals surface area contributed by atoms with Crippen molar-refractivity contribution in [2.24, 2.45) is 0 Å². The smallest absolute Gasteiger partial charge is 0.306 e. The van der Waals surface area contributed by atoms with Gasteiger partial charge in [0.05, 0.1) is 0 Å². The van der Waals surface area contributed by atoms with Crippen molar-refractivity contribution in [2.45, 2.75) is 252 Å². The molecule has 0 saturated carbocycles. The average molecular weight is 813 g/mol. The van der Waals surface area contributed by atoms with Gasteiger partial charge in [-0.25, -0.2) is 0 Å². The van der Waals surface area contributed by atoms with Crippen molar-refractivity contribution in [2.75, 3.05) is 13.2 Å². The second-order valence-electron chi connectivity index (χ2n) is 16.4. The van der Waals surface area contributed by atoms with Crippen LogP contribution in [0.5, 0.6) is 0 Å². The Morgan fingerprint density at radius 2 is 0.621 bits per heavy atom. The van der Waals surface area contributed by atoms with E-state index in [1.807, 2.05) is 0 Å². The molecule has 0 radical (unpaired) electrons. The van der Waals surface area contributed by atoms with Crippen molar-refractivity contribution in [1.82, 2.24) is 0 Å². The van der Waals surface area contributed by atoms with E-state index in [9.17, 15) is 14.4 Å². The molecule has 0 aromatic rings. The first-order valence-corrected chi connectivity index (χ1v) is 24.6. The fourth-order valence-electron chi connectivity index (χ4n) is 6.80. The second kappa shape index (κ2) is 47.1. The number of hydrogen-bond acceptors (Lipinski definition) is 6. The monoisotopic (exact) mass is 813 g/mol. The number of hydrogen-bond donors (Lipinski definition) is 0. The standard InChI is InChI=1S/C52H92O6/c1-4-7-10-13-16-18-20-22-24-26-27-29-30-32-34-36-39-42-45-51(54)57-48-49(47-56-50(53)44-41-38-15-12-9-6-3)58-52(55)46-43-40-37-35-33-31-28-25-23-21-19-17-14-11-8-5-2/h18-21,24-26,28,49H,4-17,22-23,27,29-48H2,1-3H3/b20-18-,21-19-,26-24-,28-25-. The Bertz CT molecular complexity index is 1030.